The monoisotopic (exact) mass is 443 g/mol. The highest BCUT2D eigenvalue weighted by Crippen LogP contribution is 2.32. The van der Waals surface area contributed by atoms with Crippen molar-refractivity contribution in [1.82, 2.24) is 4.90 Å². The molecule has 7 nitrogen and oxygen atoms in total. The van der Waals surface area contributed by atoms with Gasteiger partial charge in [-0.25, -0.2) is 9.59 Å². The molecule has 3 aromatic rings. The predicted molar refractivity (Wildman–Crippen MR) is 118 cm³/mol. The third-order valence-corrected chi connectivity index (χ3v) is 5.58. The predicted octanol–water partition coefficient (Wildman–Crippen LogP) is 4.36. The van der Waals surface area contributed by atoms with Gasteiger partial charge < -0.3 is 24.2 Å². The first kappa shape index (κ1) is 22.6. The van der Waals surface area contributed by atoms with Crippen LogP contribution in [0.4, 0.5) is 4.79 Å². The van der Waals surface area contributed by atoms with Crippen LogP contribution in [0.1, 0.15) is 24.3 Å². The topological polar surface area (TPSA) is 85.3 Å². The highest BCUT2D eigenvalue weighted by molar-refractivity contribution is 7.10. The number of hydrogen-bond donors (Lipinski definition) is 1. The van der Waals surface area contributed by atoms with E-state index in [9.17, 15) is 9.59 Å². The summed E-state index contributed by atoms with van der Waals surface area (Å²) < 4.78 is 16.2. The summed E-state index contributed by atoms with van der Waals surface area (Å²) in [5.74, 6) is -0.0736. The molecule has 0 aliphatic carbocycles. The lowest BCUT2D eigenvalue weighted by molar-refractivity contribution is -0.169. The summed E-state index contributed by atoms with van der Waals surface area (Å²) in [4.78, 5) is 25.8. The molecule has 1 heterocycles. The zero-order valence-electron chi connectivity index (χ0n) is 17.4. The number of carbonyl (C=O) groups excluding carboxylic acids is 2. The number of nitrogens with zero attached hydrogens (tertiary/aromatic N) is 1. The molecular weight excluding hydrogens is 418 g/mol. The first-order valence-corrected chi connectivity index (χ1v) is 10.8. The molecule has 0 aliphatic rings. The minimum absolute atomic E-state index is 0.245. The van der Waals surface area contributed by atoms with Gasteiger partial charge in [-0.2, -0.15) is 0 Å². The van der Waals surface area contributed by atoms with Gasteiger partial charge >= 0.3 is 12.1 Å². The van der Waals surface area contributed by atoms with Crippen molar-refractivity contribution in [2.24, 2.45) is 0 Å². The number of amides is 1. The molecule has 0 fully saturated rings. The van der Waals surface area contributed by atoms with E-state index in [2.05, 4.69) is 0 Å². The second kappa shape index (κ2) is 10.8. The molecule has 31 heavy (non-hydrogen) atoms. The lowest BCUT2D eigenvalue weighted by Gasteiger charge is -2.24. The number of benzene rings is 2. The van der Waals surface area contributed by atoms with Gasteiger partial charge in [0.15, 0.2) is 0 Å². The highest BCUT2D eigenvalue weighted by atomic mass is 32.1. The molecule has 8 heteroatoms. The molecule has 0 aliphatic heterocycles. The molecule has 1 amide bonds. The standard InChI is InChI=1S/C23H25NO6S/c1-16(28-22(26)15-25)29-23(27)24(2)13-12-20(21-11-6-14-31-21)30-19-10-5-8-17-7-3-4-9-18(17)19/h3-11,14,16,20,25H,12-13,15H2,1-2H3/t16?,20-/m0/s1. The zero-order chi connectivity index (χ0) is 22.2. The number of thiophene rings is 1. The van der Waals surface area contributed by atoms with Gasteiger partial charge in [0.2, 0.25) is 6.29 Å². The fourth-order valence-electron chi connectivity index (χ4n) is 3.07. The van der Waals surface area contributed by atoms with Gasteiger partial charge in [-0.1, -0.05) is 42.5 Å². The highest BCUT2D eigenvalue weighted by Gasteiger charge is 2.21. The molecule has 0 spiro atoms. The lowest BCUT2D eigenvalue weighted by atomic mass is 10.1. The van der Waals surface area contributed by atoms with Crippen LogP contribution in [0.25, 0.3) is 10.8 Å². The Kier molecular flexibility index (Phi) is 7.86. The number of aliphatic hydroxyl groups excluding tert-OH is 1. The number of carbonyl (C=O) groups is 2. The van der Waals surface area contributed by atoms with E-state index >= 15 is 0 Å². The van der Waals surface area contributed by atoms with Crippen LogP contribution in [0, 0.1) is 0 Å². The average Bonchev–Trinajstić information content (AvgIpc) is 3.31. The second-order valence-corrected chi connectivity index (χ2v) is 7.89. The molecule has 0 saturated heterocycles. The van der Waals surface area contributed by atoms with Crippen LogP contribution in [-0.4, -0.2) is 48.6 Å². The van der Waals surface area contributed by atoms with Crippen molar-refractivity contribution < 1.29 is 28.9 Å². The third kappa shape index (κ3) is 6.19. The Morgan fingerprint density at radius 3 is 2.58 bits per heavy atom. The number of rotatable bonds is 9. The van der Waals surface area contributed by atoms with Gasteiger partial charge in [0, 0.05) is 37.2 Å². The quantitative estimate of drug-likeness (QED) is 0.391. The molecule has 2 aromatic carbocycles. The maximum atomic E-state index is 12.3. The van der Waals surface area contributed by atoms with Crippen LogP contribution in [0.3, 0.4) is 0 Å². The Bertz CT molecular complexity index is 1000. The van der Waals surface area contributed by atoms with Crippen molar-refractivity contribution in [2.75, 3.05) is 20.2 Å². The van der Waals surface area contributed by atoms with Gasteiger partial charge in [0.25, 0.3) is 0 Å². The molecule has 0 saturated carbocycles. The number of aliphatic hydroxyl groups is 1. The van der Waals surface area contributed by atoms with E-state index in [0.717, 1.165) is 21.4 Å². The van der Waals surface area contributed by atoms with E-state index in [-0.39, 0.29) is 6.10 Å². The summed E-state index contributed by atoms with van der Waals surface area (Å²) in [6.07, 6.45) is -1.42. The summed E-state index contributed by atoms with van der Waals surface area (Å²) in [7, 11) is 1.60. The maximum absolute atomic E-state index is 12.3. The largest absolute Gasteiger partial charge is 0.484 e. The Morgan fingerprint density at radius 2 is 1.84 bits per heavy atom. The van der Waals surface area contributed by atoms with Gasteiger partial charge in [-0.05, 0) is 22.9 Å². The van der Waals surface area contributed by atoms with Crippen molar-refractivity contribution in [3.05, 3.63) is 64.9 Å². The average molecular weight is 444 g/mol. The van der Waals surface area contributed by atoms with Gasteiger partial charge in [-0.15, -0.1) is 11.3 Å². The van der Waals surface area contributed by atoms with Crippen molar-refractivity contribution in [1.29, 1.82) is 0 Å². The number of hydrogen-bond acceptors (Lipinski definition) is 7. The maximum Gasteiger partial charge on any atom is 0.412 e. The fourth-order valence-corrected chi connectivity index (χ4v) is 3.86. The minimum Gasteiger partial charge on any atom is -0.484 e. The molecular formula is C23H25NO6S. The van der Waals surface area contributed by atoms with Gasteiger partial charge in [0.1, 0.15) is 18.5 Å². The third-order valence-electron chi connectivity index (χ3n) is 4.61. The molecule has 1 aromatic heterocycles. The van der Waals surface area contributed by atoms with Crippen LogP contribution in [0.5, 0.6) is 5.75 Å². The zero-order valence-corrected chi connectivity index (χ0v) is 18.2. The molecule has 0 radical (unpaired) electrons. The lowest BCUT2D eigenvalue weighted by Crippen LogP contribution is -2.33. The first-order valence-electron chi connectivity index (χ1n) is 9.88. The normalized spacial score (nSPS) is 12.7. The van der Waals surface area contributed by atoms with Gasteiger partial charge in [-0.3, -0.25) is 0 Å². The summed E-state index contributed by atoms with van der Waals surface area (Å²) in [5, 5.41) is 12.8. The Labute approximate surface area is 184 Å². The SMILES string of the molecule is CC(OC(=O)CO)OC(=O)N(C)CC[C@H](Oc1cccc2ccccc12)c1cccs1. The van der Waals surface area contributed by atoms with Crippen LogP contribution >= 0.6 is 11.3 Å². The first-order chi connectivity index (χ1) is 15.0. The molecule has 0 bridgehead atoms. The van der Waals surface area contributed by atoms with E-state index < -0.39 is 25.0 Å². The van der Waals surface area contributed by atoms with Crippen LogP contribution in [-0.2, 0) is 14.3 Å². The van der Waals surface area contributed by atoms with Crippen LogP contribution in [0.15, 0.2) is 60.0 Å². The number of fused-ring (bicyclic) bond motifs is 1. The minimum atomic E-state index is -1.09. The van der Waals surface area contributed by atoms with Crippen LogP contribution in [0.2, 0.25) is 0 Å². The van der Waals surface area contributed by atoms with Crippen molar-refractivity contribution in [3.8, 4) is 5.75 Å². The van der Waals surface area contributed by atoms with Gasteiger partial charge in [0.05, 0.1) is 0 Å². The summed E-state index contributed by atoms with van der Waals surface area (Å²) in [6.45, 7) is 1.01. The summed E-state index contributed by atoms with van der Waals surface area (Å²) in [6, 6.07) is 17.9. The molecule has 164 valence electrons. The summed E-state index contributed by atoms with van der Waals surface area (Å²) in [5.41, 5.74) is 0. The number of ether oxygens (including phenoxy) is 3. The number of esters is 1. The van der Waals surface area contributed by atoms with E-state index in [1.165, 1.54) is 11.8 Å². The van der Waals surface area contributed by atoms with Crippen molar-refractivity contribution >= 4 is 34.2 Å². The Morgan fingerprint density at radius 1 is 1.06 bits per heavy atom. The molecule has 2 atom stereocenters. The van der Waals surface area contributed by atoms with Crippen molar-refractivity contribution in [3.63, 3.8) is 0 Å². The molecule has 3 rings (SSSR count). The second-order valence-electron chi connectivity index (χ2n) is 6.91. The summed E-state index contributed by atoms with van der Waals surface area (Å²) >= 11 is 1.59. The van der Waals surface area contributed by atoms with Crippen LogP contribution < -0.4 is 4.74 Å². The Balaban J connectivity index is 1.65. The van der Waals surface area contributed by atoms with Crippen molar-refractivity contribution in [2.45, 2.75) is 25.7 Å². The molecule has 1 N–H and O–H groups in total. The van der Waals surface area contributed by atoms with E-state index in [1.807, 2.05) is 60.0 Å². The Hall–Kier alpha value is -3.10. The van der Waals surface area contributed by atoms with E-state index in [0.29, 0.717) is 13.0 Å². The smallest absolute Gasteiger partial charge is 0.412 e. The fraction of sp³-hybridized carbons (Fsp3) is 0.304. The van der Waals surface area contributed by atoms with E-state index in [1.54, 1.807) is 18.4 Å². The molecule has 1 unspecified atom stereocenters. The van der Waals surface area contributed by atoms with E-state index in [4.69, 9.17) is 19.3 Å².